The first-order valence-electron chi connectivity index (χ1n) is 8.28. The van der Waals surface area contributed by atoms with E-state index in [-0.39, 0.29) is 5.92 Å². The van der Waals surface area contributed by atoms with Gasteiger partial charge >= 0.3 is 0 Å². The number of hydrogen-bond donors (Lipinski definition) is 0. The molecule has 0 radical (unpaired) electrons. The lowest BCUT2D eigenvalue weighted by Crippen LogP contribution is -2.48. The molecule has 23 heavy (non-hydrogen) atoms. The van der Waals surface area contributed by atoms with Crippen molar-refractivity contribution in [1.29, 1.82) is 0 Å². The summed E-state index contributed by atoms with van der Waals surface area (Å²) >= 11 is 1.72. The minimum atomic E-state index is 0.0915. The Kier molecular flexibility index (Phi) is 4.18. The van der Waals surface area contributed by atoms with Crippen LogP contribution in [-0.2, 0) is 9.53 Å². The number of nitrogens with zero attached hydrogens (tertiary/aromatic N) is 3. The molecule has 122 valence electrons. The minimum Gasteiger partial charge on any atom is -0.378 e. The Morgan fingerprint density at radius 2 is 2.04 bits per heavy atom. The average Bonchev–Trinajstić information content (AvgIpc) is 3.06. The molecule has 0 aliphatic carbocycles. The van der Waals surface area contributed by atoms with Crippen LogP contribution in [0.3, 0.4) is 0 Å². The van der Waals surface area contributed by atoms with E-state index in [1.807, 2.05) is 17.0 Å². The first-order chi connectivity index (χ1) is 11.3. The van der Waals surface area contributed by atoms with Gasteiger partial charge in [-0.05, 0) is 25.0 Å². The van der Waals surface area contributed by atoms with E-state index in [4.69, 9.17) is 9.72 Å². The molecule has 0 spiro atoms. The Morgan fingerprint density at radius 3 is 2.87 bits per heavy atom. The molecule has 0 N–H and O–H groups in total. The molecule has 2 aliphatic rings. The number of carbonyl (C=O) groups is 1. The first-order valence-corrected chi connectivity index (χ1v) is 9.10. The average molecular weight is 331 g/mol. The third-order valence-corrected chi connectivity index (χ3v) is 5.74. The normalized spacial score (nSPS) is 22.5. The Morgan fingerprint density at radius 1 is 1.22 bits per heavy atom. The molecular formula is C17H21N3O2S. The lowest BCUT2D eigenvalue weighted by molar-refractivity contribution is -0.139. The van der Waals surface area contributed by atoms with E-state index in [1.54, 1.807) is 11.3 Å². The van der Waals surface area contributed by atoms with E-state index < -0.39 is 0 Å². The SMILES string of the molecule is O=C([C@H]1CCCN(c2nc3ccccc3s2)C1)N1CCOCC1. The number of fused-ring (bicyclic) bond motifs is 1. The summed E-state index contributed by atoms with van der Waals surface area (Å²) in [6.07, 6.45) is 2.04. The Balaban J connectivity index is 1.48. The third-order valence-electron chi connectivity index (χ3n) is 4.65. The molecular weight excluding hydrogens is 310 g/mol. The van der Waals surface area contributed by atoms with Crippen LogP contribution in [0.4, 0.5) is 5.13 Å². The van der Waals surface area contributed by atoms with Crippen LogP contribution < -0.4 is 4.90 Å². The van der Waals surface area contributed by atoms with Crippen LogP contribution >= 0.6 is 11.3 Å². The van der Waals surface area contributed by atoms with Crippen LogP contribution in [0, 0.1) is 5.92 Å². The number of benzene rings is 1. The fourth-order valence-corrected chi connectivity index (χ4v) is 4.39. The van der Waals surface area contributed by atoms with E-state index >= 15 is 0 Å². The number of morpholine rings is 1. The fraction of sp³-hybridized carbons (Fsp3) is 0.529. The predicted molar refractivity (Wildman–Crippen MR) is 92.0 cm³/mol. The molecule has 0 bridgehead atoms. The number of piperidine rings is 1. The van der Waals surface area contributed by atoms with Gasteiger partial charge in [0.15, 0.2) is 5.13 Å². The highest BCUT2D eigenvalue weighted by molar-refractivity contribution is 7.22. The molecule has 2 aliphatic heterocycles. The smallest absolute Gasteiger partial charge is 0.227 e. The molecule has 2 fully saturated rings. The van der Waals surface area contributed by atoms with Gasteiger partial charge in [0, 0.05) is 26.2 Å². The van der Waals surface area contributed by atoms with E-state index in [0.29, 0.717) is 19.1 Å². The number of carbonyl (C=O) groups excluding carboxylic acids is 1. The van der Waals surface area contributed by atoms with Crippen LogP contribution in [0.2, 0.25) is 0 Å². The Labute approximate surface area is 139 Å². The molecule has 0 unspecified atom stereocenters. The van der Waals surface area contributed by atoms with E-state index in [0.717, 1.165) is 49.7 Å². The standard InChI is InChI=1S/C17H21N3O2S/c21-16(19-8-10-22-11-9-19)13-4-3-7-20(12-13)17-18-14-5-1-2-6-15(14)23-17/h1-2,5-6,13H,3-4,7-12H2/t13-/m0/s1. The largest absolute Gasteiger partial charge is 0.378 e. The van der Waals surface area contributed by atoms with Crippen LogP contribution in [-0.4, -0.2) is 55.2 Å². The van der Waals surface area contributed by atoms with Gasteiger partial charge in [0.1, 0.15) is 0 Å². The number of amides is 1. The van der Waals surface area contributed by atoms with Crippen molar-refractivity contribution in [3.63, 3.8) is 0 Å². The van der Waals surface area contributed by atoms with Gasteiger partial charge in [-0.15, -0.1) is 0 Å². The summed E-state index contributed by atoms with van der Waals surface area (Å²) in [4.78, 5) is 21.7. The molecule has 1 aromatic heterocycles. The summed E-state index contributed by atoms with van der Waals surface area (Å²) in [6.45, 7) is 4.58. The van der Waals surface area contributed by atoms with Gasteiger partial charge in [0.2, 0.25) is 5.91 Å². The van der Waals surface area contributed by atoms with Crippen molar-refractivity contribution in [2.45, 2.75) is 12.8 Å². The monoisotopic (exact) mass is 331 g/mol. The summed E-state index contributed by atoms with van der Waals surface area (Å²) in [6, 6.07) is 8.23. The van der Waals surface area contributed by atoms with Gasteiger partial charge in [0.25, 0.3) is 0 Å². The van der Waals surface area contributed by atoms with E-state index in [1.165, 1.54) is 4.70 Å². The maximum absolute atomic E-state index is 12.7. The lowest BCUT2D eigenvalue weighted by Gasteiger charge is -2.36. The van der Waals surface area contributed by atoms with Crippen molar-refractivity contribution in [3.8, 4) is 0 Å². The third kappa shape index (κ3) is 3.05. The second kappa shape index (κ2) is 6.45. The van der Waals surface area contributed by atoms with Gasteiger partial charge in [-0.3, -0.25) is 4.79 Å². The summed E-state index contributed by atoms with van der Waals surface area (Å²) in [7, 11) is 0. The van der Waals surface area contributed by atoms with Crippen molar-refractivity contribution >= 4 is 32.6 Å². The molecule has 4 rings (SSSR count). The minimum absolute atomic E-state index is 0.0915. The number of para-hydroxylation sites is 1. The molecule has 0 saturated carbocycles. The van der Waals surface area contributed by atoms with Gasteiger partial charge < -0.3 is 14.5 Å². The van der Waals surface area contributed by atoms with Gasteiger partial charge in [-0.2, -0.15) is 0 Å². The molecule has 5 nitrogen and oxygen atoms in total. The van der Waals surface area contributed by atoms with E-state index in [9.17, 15) is 4.79 Å². The quantitative estimate of drug-likeness (QED) is 0.847. The van der Waals surface area contributed by atoms with Crippen molar-refractivity contribution in [2.24, 2.45) is 5.92 Å². The maximum Gasteiger partial charge on any atom is 0.227 e. The fourth-order valence-electron chi connectivity index (χ4n) is 3.39. The second-order valence-corrected chi connectivity index (χ2v) is 7.20. The Bertz CT molecular complexity index is 663. The maximum atomic E-state index is 12.7. The van der Waals surface area contributed by atoms with Crippen molar-refractivity contribution in [1.82, 2.24) is 9.88 Å². The molecule has 2 saturated heterocycles. The summed E-state index contributed by atoms with van der Waals surface area (Å²) in [5.41, 5.74) is 1.05. The van der Waals surface area contributed by atoms with Crippen molar-refractivity contribution < 1.29 is 9.53 Å². The van der Waals surface area contributed by atoms with Gasteiger partial charge in [-0.1, -0.05) is 23.5 Å². The van der Waals surface area contributed by atoms with Gasteiger partial charge in [0.05, 0.1) is 29.3 Å². The molecule has 1 aromatic carbocycles. The second-order valence-electron chi connectivity index (χ2n) is 6.19. The molecule has 1 atom stereocenters. The summed E-state index contributed by atoms with van der Waals surface area (Å²) in [5, 5.41) is 1.05. The van der Waals surface area contributed by atoms with Crippen molar-refractivity contribution in [3.05, 3.63) is 24.3 Å². The zero-order valence-electron chi connectivity index (χ0n) is 13.1. The van der Waals surface area contributed by atoms with Crippen LogP contribution in [0.15, 0.2) is 24.3 Å². The van der Waals surface area contributed by atoms with Gasteiger partial charge in [-0.25, -0.2) is 4.98 Å². The lowest BCUT2D eigenvalue weighted by atomic mass is 9.96. The van der Waals surface area contributed by atoms with Crippen LogP contribution in [0.25, 0.3) is 10.2 Å². The van der Waals surface area contributed by atoms with E-state index in [2.05, 4.69) is 17.0 Å². The topological polar surface area (TPSA) is 45.7 Å². The number of rotatable bonds is 2. The highest BCUT2D eigenvalue weighted by Crippen LogP contribution is 2.31. The number of hydrogen-bond acceptors (Lipinski definition) is 5. The molecule has 2 aromatic rings. The molecule has 3 heterocycles. The highest BCUT2D eigenvalue weighted by atomic mass is 32.1. The zero-order valence-corrected chi connectivity index (χ0v) is 13.9. The molecule has 6 heteroatoms. The molecule has 1 amide bonds. The summed E-state index contributed by atoms with van der Waals surface area (Å²) in [5.74, 6) is 0.382. The number of thiazole rings is 1. The number of anilines is 1. The Hall–Kier alpha value is -1.66. The van der Waals surface area contributed by atoms with Crippen LogP contribution in [0.5, 0.6) is 0 Å². The summed E-state index contributed by atoms with van der Waals surface area (Å²) < 4.78 is 6.56. The first kappa shape index (κ1) is 14.9. The highest BCUT2D eigenvalue weighted by Gasteiger charge is 2.31. The van der Waals surface area contributed by atoms with Crippen LogP contribution in [0.1, 0.15) is 12.8 Å². The number of aromatic nitrogens is 1. The zero-order chi connectivity index (χ0) is 15.6. The predicted octanol–water partition coefficient (Wildman–Crippen LogP) is 2.37. The number of ether oxygens (including phenoxy) is 1. The van der Waals surface area contributed by atoms with Crippen molar-refractivity contribution in [2.75, 3.05) is 44.3 Å².